The Morgan fingerprint density at radius 2 is 1.92 bits per heavy atom. The summed E-state index contributed by atoms with van der Waals surface area (Å²) in [6, 6.07) is 13.3. The number of hydrogen-bond acceptors (Lipinski definition) is 5. The largest absolute Gasteiger partial charge is 0.493 e. The Labute approximate surface area is 140 Å². The van der Waals surface area contributed by atoms with Crippen molar-refractivity contribution in [2.24, 2.45) is 0 Å². The molecule has 0 saturated heterocycles. The molecule has 3 N–H and O–H groups in total. The van der Waals surface area contributed by atoms with Gasteiger partial charge in [-0.2, -0.15) is 0 Å². The van der Waals surface area contributed by atoms with Crippen LogP contribution in [0.4, 0.5) is 0 Å². The normalized spacial score (nSPS) is 13.6. The smallest absolute Gasteiger partial charge is 0.231 e. The molecular formula is C18H22NO5+. The molecule has 3 rings (SSSR count). The first-order valence-corrected chi connectivity index (χ1v) is 7.90. The zero-order chi connectivity index (χ0) is 16.8. The molecule has 2 aromatic rings. The summed E-state index contributed by atoms with van der Waals surface area (Å²) in [6.45, 7) is 1.80. The van der Waals surface area contributed by atoms with Crippen LogP contribution >= 0.6 is 0 Å². The molecule has 24 heavy (non-hydrogen) atoms. The van der Waals surface area contributed by atoms with Crippen molar-refractivity contribution in [3.63, 3.8) is 0 Å². The van der Waals surface area contributed by atoms with E-state index in [1.807, 2.05) is 47.8 Å². The molecule has 1 aliphatic heterocycles. The number of fused-ring (bicyclic) bond motifs is 1. The molecule has 0 bridgehead atoms. The van der Waals surface area contributed by atoms with Crippen LogP contribution in [0.1, 0.15) is 5.56 Å². The monoisotopic (exact) mass is 332 g/mol. The second-order valence-electron chi connectivity index (χ2n) is 5.53. The lowest BCUT2D eigenvalue weighted by atomic mass is 10.2. The second kappa shape index (κ2) is 7.90. The maximum atomic E-state index is 10.1. The van der Waals surface area contributed by atoms with Gasteiger partial charge in [-0.05, 0) is 30.3 Å². The second-order valence-corrected chi connectivity index (χ2v) is 5.53. The van der Waals surface area contributed by atoms with E-state index in [1.165, 1.54) is 0 Å². The maximum absolute atomic E-state index is 10.1. The van der Waals surface area contributed by atoms with Gasteiger partial charge >= 0.3 is 0 Å². The van der Waals surface area contributed by atoms with Crippen LogP contribution in [0.25, 0.3) is 0 Å². The fraction of sp³-hybridized carbons (Fsp3) is 0.333. The van der Waals surface area contributed by atoms with Crippen LogP contribution in [-0.2, 0) is 6.54 Å². The van der Waals surface area contributed by atoms with Crippen LogP contribution in [0.3, 0.4) is 0 Å². The fourth-order valence-corrected chi connectivity index (χ4v) is 2.50. The Bertz CT molecular complexity index is 676. The molecule has 0 radical (unpaired) electrons. The van der Waals surface area contributed by atoms with E-state index in [-0.39, 0.29) is 13.4 Å². The molecule has 0 aromatic heterocycles. The van der Waals surface area contributed by atoms with Crippen LogP contribution in [0.5, 0.6) is 23.0 Å². The van der Waals surface area contributed by atoms with E-state index in [4.69, 9.17) is 18.9 Å². The predicted molar refractivity (Wildman–Crippen MR) is 87.6 cm³/mol. The van der Waals surface area contributed by atoms with Crippen molar-refractivity contribution in [1.82, 2.24) is 0 Å². The number of benzene rings is 2. The highest BCUT2D eigenvalue weighted by molar-refractivity contribution is 5.44. The van der Waals surface area contributed by atoms with Crippen molar-refractivity contribution < 1.29 is 29.4 Å². The summed E-state index contributed by atoms with van der Waals surface area (Å²) in [6.07, 6.45) is -0.566. The lowest BCUT2D eigenvalue weighted by Crippen LogP contribution is -2.85. The van der Waals surface area contributed by atoms with Gasteiger partial charge in [-0.3, -0.25) is 0 Å². The molecule has 0 unspecified atom stereocenters. The molecule has 1 aliphatic rings. The summed E-state index contributed by atoms with van der Waals surface area (Å²) in [5.74, 6) is 2.86. The zero-order valence-corrected chi connectivity index (χ0v) is 13.6. The molecule has 128 valence electrons. The Hall–Kier alpha value is -2.44. The number of aliphatic hydroxyl groups is 1. The number of rotatable bonds is 8. The van der Waals surface area contributed by atoms with Crippen molar-refractivity contribution in [3.05, 3.63) is 48.0 Å². The van der Waals surface area contributed by atoms with Gasteiger partial charge in [0.15, 0.2) is 23.0 Å². The molecule has 6 heteroatoms. The average molecular weight is 332 g/mol. The first-order valence-electron chi connectivity index (χ1n) is 7.90. The Morgan fingerprint density at radius 3 is 2.75 bits per heavy atom. The predicted octanol–water partition coefficient (Wildman–Crippen LogP) is 0.927. The van der Waals surface area contributed by atoms with Crippen LogP contribution in [0, 0.1) is 0 Å². The van der Waals surface area contributed by atoms with Gasteiger partial charge in [0.25, 0.3) is 0 Å². The highest BCUT2D eigenvalue weighted by Crippen LogP contribution is 2.32. The standard InChI is InChI=1S/C18H21NO5/c1-21-15-4-2-3-5-16(15)22-11-14(20)10-19-9-13-6-7-17-18(8-13)24-12-23-17/h2-8,14,19-20H,9-12H2,1H3/p+1/t14-/m1/s1. The molecule has 6 nitrogen and oxygen atoms in total. The Balaban J connectivity index is 1.42. The van der Waals surface area contributed by atoms with Gasteiger partial charge < -0.3 is 29.4 Å². The molecule has 2 aromatic carbocycles. The van der Waals surface area contributed by atoms with Gasteiger partial charge in [0.05, 0.1) is 7.11 Å². The van der Waals surface area contributed by atoms with Crippen LogP contribution in [0.15, 0.2) is 42.5 Å². The third-order valence-electron chi connectivity index (χ3n) is 3.76. The zero-order valence-electron chi connectivity index (χ0n) is 13.6. The topological polar surface area (TPSA) is 73.8 Å². The van der Waals surface area contributed by atoms with E-state index in [0.717, 1.165) is 23.6 Å². The fourth-order valence-electron chi connectivity index (χ4n) is 2.50. The number of aliphatic hydroxyl groups excluding tert-OH is 1. The lowest BCUT2D eigenvalue weighted by molar-refractivity contribution is -0.676. The van der Waals surface area contributed by atoms with Gasteiger partial charge in [-0.15, -0.1) is 0 Å². The molecule has 0 amide bonds. The van der Waals surface area contributed by atoms with Gasteiger partial charge in [-0.1, -0.05) is 12.1 Å². The minimum Gasteiger partial charge on any atom is -0.493 e. The summed E-state index contributed by atoms with van der Waals surface area (Å²) in [5, 5.41) is 12.1. The first kappa shape index (κ1) is 16.4. The third-order valence-corrected chi connectivity index (χ3v) is 3.76. The van der Waals surface area contributed by atoms with E-state index in [0.29, 0.717) is 18.0 Å². The van der Waals surface area contributed by atoms with Gasteiger partial charge in [-0.25, -0.2) is 0 Å². The van der Waals surface area contributed by atoms with Crippen molar-refractivity contribution in [2.45, 2.75) is 12.6 Å². The Morgan fingerprint density at radius 1 is 1.12 bits per heavy atom. The molecular weight excluding hydrogens is 310 g/mol. The van der Waals surface area contributed by atoms with Gasteiger partial charge in [0.2, 0.25) is 6.79 Å². The van der Waals surface area contributed by atoms with E-state index in [2.05, 4.69) is 0 Å². The number of quaternary nitrogens is 1. The quantitative estimate of drug-likeness (QED) is 0.752. The molecule has 0 fully saturated rings. The van der Waals surface area contributed by atoms with Gasteiger partial charge in [0.1, 0.15) is 25.8 Å². The van der Waals surface area contributed by atoms with Crippen LogP contribution in [-0.4, -0.2) is 38.3 Å². The highest BCUT2D eigenvalue weighted by atomic mass is 16.7. The number of nitrogens with two attached hydrogens (primary N) is 1. The maximum Gasteiger partial charge on any atom is 0.231 e. The van der Waals surface area contributed by atoms with Crippen molar-refractivity contribution in [2.75, 3.05) is 27.1 Å². The van der Waals surface area contributed by atoms with Gasteiger partial charge in [0, 0.05) is 5.56 Å². The van der Waals surface area contributed by atoms with E-state index in [1.54, 1.807) is 7.11 Å². The first-order chi connectivity index (χ1) is 11.8. The van der Waals surface area contributed by atoms with E-state index in [9.17, 15) is 5.11 Å². The average Bonchev–Trinajstić information content (AvgIpc) is 3.08. The summed E-state index contributed by atoms with van der Waals surface area (Å²) in [4.78, 5) is 0. The minimum absolute atomic E-state index is 0.220. The molecule has 0 aliphatic carbocycles. The minimum atomic E-state index is -0.566. The van der Waals surface area contributed by atoms with Crippen molar-refractivity contribution in [3.8, 4) is 23.0 Å². The molecule has 0 spiro atoms. The summed E-state index contributed by atoms with van der Waals surface area (Å²) >= 11 is 0. The summed E-state index contributed by atoms with van der Waals surface area (Å²) in [7, 11) is 1.60. The van der Waals surface area contributed by atoms with Crippen molar-refractivity contribution >= 4 is 0 Å². The number of hydrogen-bond donors (Lipinski definition) is 2. The summed E-state index contributed by atoms with van der Waals surface area (Å²) in [5.41, 5.74) is 1.12. The van der Waals surface area contributed by atoms with E-state index >= 15 is 0 Å². The molecule has 1 heterocycles. The SMILES string of the molecule is COc1ccccc1OC[C@H](O)C[NH2+]Cc1ccc2c(c1)OCO2. The van der Waals surface area contributed by atoms with Crippen LogP contribution < -0.4 is 24.3 Å². The Kier molecular flexibility index (Phi) is 5.40. The third kappa shape index (κ3) is 4.10. The molecule has 0 saturated carbocycles. The van der Waals surface area contributed by atoms with Crippen molar-refractivity contribution in [1.29, 1.82) is 0 Å². The lowest BCUT2D eigenvalue weighted by Gasteiger charge is -2.13. The number of ether oxygens (including phenoxy) is 4. The highest BCUT2D eigenvalue weighted by Gasteiger charge is 2.14. The summed E-state index contributed by atoms with van der Waals surface area (Å²) < 4.78 is 21.5. The number of para-hydroxylation sites is 2. The van der Waals surface area contributed by atoms with E-state index < -0.39 is 6.10 Å². The van der Waals surface area contributed by atoms with Crippen LogP contribution in [0.2, 0.25) is 0 Å². The molecule has 1 atom stereocenters. The number of methoxy groups -OCH3 is 1.